The first kappa shape index (κ1) is 17.8. The fourth-order valence-electron chi connectivity index (χ4n) is 2.05. The summed E-state index contributed by atoms with van der Waals surface area (Å²) >= 11 is 0. The first-order valence-electron chi connectivity index (χ1n) is 6.62. The molecule has 0 aliphatic rings. The highest BCUT2D eigenvalue weighted by Gasteiger charge is 2.32. The molecule has 22 heavy (non-hydrogen) atoms. The number of non-ortho nitro benzene ring substituents is 1. The number of aliphatic hydroxyl groups excluding tert-OH is 1. The van der Waals surface area contributed by atoms with Crippen molar-refractivity contribution in [1.29, 1.82) is 0 Å². The fourth-order valence-corrected chi connectivity index (χ4v) is 3.60. The molecule has 0 aliphatic carbocycles. The molecule has 1 N–H and O–H groups in total. The molecule has 0 spiro atoms. The molecule has 0 aromatic heterocycles. The lowest BCUT2D eigenvalue weighted by Gasteiger charge is -2.23. The molecule has 0 heterocycles. The van der Waals surface area contributed by atoms with E-state index >= 15 is 0 Å². The Morgan fingerprint density at radius 1 is 1.27 bits per heavy atom. The van der Waals surface area contributed by atoms with Gasteiger partial charge in [-0.05, 0) is 24.3 Å². The highest BCUT2D eigenvalue weighted by molar-refractivity contribution is 6.83. The van der Waals surface area contributed by atoms with Crippen LogP contribution in [0.1, 0.15) is 18.6 Å². The summed E-state index contributed by atoms with van der Waals surface area (Å²) in [6.45, 7) is 7.70. The van der Waals surface area contributed by atoms with Crippen molar-refractivity contribution in [2.45, 2.75) is 32.7 Å². The Hall–Kier alpha value is -2.28. The Bertz CT molecular complexity index is 672. The maximum absolute atomic E-state index is 11.2. The number of rotatable bonds is 5. The lowest BCUT2D eigenvalue weighted by molar-refractivity contribution is -0.394. The largest absolute Gasteiger partial charge is 0.383 e. The molecule has 0 radical (unpaired) electrons. The first-order chi connectivity index (χ1) is 10.1. The van der Waals surface area contributed by atoms with Crippen molar-refractivity contribution in [3.8, 4) is 0 Å². The lowest BCUT2D eigenvalue weighted by Crippen LogP contribution is -2.28. The maximum Gasteiger partial charge on any atom is 0.282 e. The van der Waals surface area contributed by atoms with Crippen LogP contribution >= 0.6 is 0 Å². The monoisotopic (exact) mass is 322 g/mol. The van der Waals surface area contributed by atoms with Crippen molar-refractivity contribution < 1.29 is 15.0 Å². The summed E-state index contributed by atoms with van der Waals surface area (Å²) in [6, 6.07) is 3.26. The zero-order chi connectivity index (χ0) is 17.1. The van der Waals surface area contributed by atoms with Crippen molar-refractivity contribution in [2.24, 2.45) is 0 Å². The van der Waals surface area contributed by atoms with Gasteiger partial charge in [-0.2, -0.15) is 0 Å². The van der Waals surface area contributed by atoms with E-state index in [1.807, 2.05) is 19.6 Å². The third kappa shape index (κ3) is 3.88. The minimum Gasteiger partial charge on any atom is -0.383 e. The van der Waals surface area contributed by atoms with Gasteiger partial charge in [-0.3, -0.25) is 20.2 Å². The van der Waals surface area contributed by atoms with Crippen LogP contribution in [0.5, 0.6) is 0 Å². The quantitative estimate of drug-likeness (QED) is 0.386. The number of hydrogen-bond acceptors (Lipinski definition) is 5. The van der Waals surface area contributed by atoms with Gasteiger partial charge in [-0.25, -0.2) is 0 Å². The molecular weight excluding hydrogens is 304 g/mol. The van der Waals surface area contributed by atoms with Gasteiger partial charge in [0.25, 0.3) is 11.4 Å². The molecule has 0 saturated heterocycles. The lowest BCUT2D eigenvalue weighted by atomic mass is 10.1. The summed E-state index contributed by atoms with van der Waals surface area (Å²) in [6.07, 6.45) is 0.442. The molecular formula is C14H18N2O5Si. The second-order valence-corrected chi connectivity index (χ2v) is 10.8. The normalized spacial score (nSPS) is 12.2. The molecule has 0 amide bonds. The summed E-state index contributed by atoms with van der Waals surface area (Å²) in [4.78, 5) is 20.5. The van der Waals surface area contributed by atoms with Gasteiger partial charge in [0.05, 0.1) is 29.6 Å². The predicted octanol–water partition coefficient (Wildman–Crippen LogP) is 3.52. The van der Waals surface area contributed by atoms with Gasteiger partial charge in [0.1, 0.15) is 6.10 Å². The Kier molecular flexibility index (Phi) is 5.37. The second-order valence-electron chi connectivity index (χ2n) is 5.76. The topological polar surface area (TPSA) is 107 Å². The van der Waals surface area contributed by atoms with Crippen molar-refractivity contribution in [1.82, 2.24) is 0 Å². The van der Waals surface area contributed by atoms with Gasteiger partial charge in [0.15, 0.2) is 0 Å². The third-order valence-electron chi connectivity index (χ3n) is 3.10. The number of nitro groups is 2. The smallest absolute Gasteiger partial charge is 0.282 e. The maximum atomic E-state index is 11.2. The summed E-state index contributed by atoms with van der Waals surface area (Å²) < 4.78 is 0. The number of nitro benzene ring substituents is 2. The Morgan fingerprint density at radius 2 is 1.86 bits per heavy atom. The van der Waals surface area contributed by atoms with Crippen molar-refractivity contribution >= 4 is 19.4 Å². The molecule has 1 rings (SSSR count). The first-order valence-corrected chi connectivity index (χ1v) is 10.1. The Labute approximate surface area is 128 Å². The van der Waals surface area contributed by atoms with Gasteiger partial charge in [0, 0.05) is 6.07 Å². The molecule has 1 atom stereocenters. The van der Waals surface area contributed by atoms with Crippen LogP contribution in [-0.4, -0.2) is 23.0 Å². The van der Waals surface area contributed by atoms with Gasteiger partial charge in [0.2, 0.25) is 0 Å². The Morgan fingerprint density at radius 3 is 2.27 bits per heavy atom. The van der Waals surface area contributed by atoms with Crippen LogP contribution in [0.2, 0.25) is 19.6 Å². The molecule has 0 aliphatic heterocycles. The van der Waals surface area contributed by atoms with E-state index in [1.165, 1.54) is 6.07 Å². The van der Waals surface area contributed by atoms with Gasteiger partial charge < -0.3 is 5.11 Å². The molecule has 1 aromatic carbocycles. The molecule has 0 bridgehead atoms. The summed E-state index contributed by atoms with van der Waals surface area (Å²) in [5, 5.41) is 33.1. The summed E-state index contributed by atoms with van der Waals surface area (Å²) in [5.74, 6) is 0. The standard InChI is InChI=1S/C14H18N2O5Si/c1-5-6-13(22(2,3)4)14(17)11-8-7-10(15(18)19)9-12(11)16(20)21/h5,7-9,14,17H,1-4H3/t6?,14-/m1/s1. The Balaban J connectivity index is 3.52. The average Bonchev–Trinajstić information content (AvgIpc) is 2.41. The average molecular weight is 322 g/mol. The van der Waals surface area contributed by atoms with Crippen LogP contribution in [0.15, 0.2) is 35.2 Å². The van der Waals surface area contributed by atoms with E-state index in [0.717, 1.165) is 12.1 Å². The van der Waals surface area contributed by atoms with Gasteiger partial charge in [-0.15, -0.1) is 5.73 Å². The third-order valence-corrected chi connectivity index (χ3v) is 5.13. The van der Waals surface area contributed by atoms with E-state index in [0.29, 0.717) is 5.20 Å². The number of benzene rings is 1. The van der Waals surface area contributed by atoms with Crippen LogP contribution in [0.4, 0.5) is 11.4 Å². The zero-order valence-corrected chi connectivity index (χ0v) is 13.9. The van der Waals surface area contributed by atoms with E-state index < -0.39 is 29.7 Å². The van der Waals surface area contributed by atoms with E-state index in [-0.39, 0.29) is 11.3 Å². The zero-order valence-electron chi connectivity index (χ0n) is 12.9. The second kappa shape index (κ2) is 6.65. The van der Waals surface area contributed by atoms with Crippen molar-refractivity contribution in [3.05, 3.63) is 61.0 Å². The molecule has 0 unspecified atom stereocenters. The van der Waals surface area contributed by atoms with Crippen LogP contribution in [0.3, 0.4) is 0 Å². The van der Waals surface area contributed by atoms with E-state index in [1.54, 1.807) is 13.0 Å². The number of aliphatic hydroxyl groups is 1. The van der Waals surface area contributed by atoms with Crippen LogP contribution in [0, 0.1) is 20.2 Å². The summed E-state index contributed by atoms with van der Waals surface area (Å²) in [7, 11) is -1.98. The molecule has 0 saturated carbocycles. The predicted molar refractivity (Wildman–Crippen MR) is 85.3 cm³/mol. The molecule has 8 heteroatoms. The van der Waals surface area contributed by atoms with Gasteiger partial charge in [-0.1, -0.05) is 19.6 Å². The molecule has 0 fully saturated rings. The molecule has 118 valence electrons. The highest BCUT2D eigenvalue weighted by Crippen LogP contribution is 2.35. The van der Waals surface area contributed by atoms with Crippen LogP contribution < -0.4 is 0 Å². The van der Waals surface area contributed by atoms with E-state index in [9.17, 15) is 25.3 Å². The van der Waals surface area contributed by atoms with E-state index in [4.69, 9.17) is 0 Å². The van der Waals surface area contributed by atoms with Crippen LogP contribution in [-0.2, 0) is 0 Å². The summed E-state index contributed by atoms with van der Waals surface area (Å²) in [5.41, 5.74) is 2.17. The molecule has 7 nitrogen and oxygen atoms in total. The number of hydrogen-bond donors (Lipinski definition) is 1. The minimum atomic E-state index is -1.98. The van der Waals surface area contributed by atoms with Gasteiger partial charge >= 0.3 is 0 Å². The van der Waals surface area contributed by atoms with Crippen molar-refractivity contribution in [2.75, 3.05) is 0 Å². The minimum absolute atomic E-state index is 0.0439. The molecule has 1 aromatic rings. The van der Waals surface area contributed by atoms with Crippen molar-refractivity contribution in [3.63, 3.8) is 0 Å². The van der Waals surface area contributed by atoms with E-state index in [2.05, 4.69) is 5.73 Å². The SMILES string of the molecule is CC=C=C([C@H](O)c1ccc([N+](=O)[O-])cc1[N+](=O)[O-])[Si](C)(C)C. The van der Waals surface area contributed by atoms with Crippen LogP contribution in [0.25, 0.3) is 0 Å². The number of nitrogens with zero attached hydrogens (tertiary/aromatic N) is 2. The highest BCUT2D eigenvalue weighted by atomic mass is 28.3. The fraction of sp³-hybridized carbons (Fsp3) is 0.357.